The van der Waals surface area contributed by atoms with Crippen molar-refractivity contribution >= 4 is 29.3 Å². The summed E-state index contributed by atoms with van der Waals surface area (Å²) in [7, 11) is 5.55. The van der Waals surface area contributed by atoms with Crippen LogP contribution in [0.4, 0.5) is 5.69 Å². The average Bonchev–Trinajstić information content (AvgIpc) is 3.01. The van der Waals surface area contributed by atoms with E-state index in [1.54, 1.807) is 7.05 Å². The summed E-state index contributed by atoms with van der Waals surface area (Å²) in [5.74, 6) is 2.04. The summed E-state index contributed by atoms with van der Waals surface area (Å²) in [5.41, 5.74) is 1.91. The van der Waals surface area contributed by atoms with Gasteiger partial charge in [0.1, 0.15) is 0 Å². The largest absolute Gasteiger partial charge is 0.355 e. The van der Waals surface area contributed by atoms with Crippen LogP contribution in [0.25, 0.3) is 0 Å². The molecule has 1 fully saturated rings. The van der Waals surface area contributed by atoms with Crippen molar-refractivity contribution in [3.63, 3.8) is 0 Å². The lowest BCUT2D eigenvalue weighted by Crippen LogP contribution is -2.43. The number of carbonyl (C=O) groups is 1. The fraction of sp³-hybridized carbons (Fsp3) is 0.579. The summed E-state index contributed by atoms with van der Waals surface area (Å²) in [6.07, 6.45) is 2.54. The highest BCUT2D eigenvalue weighted by molar-refractivity contribution is 8.00. The number of amides is 1. The molecule has 1 unspecified atom stereocenters. The minimum absolute atomic E-state index is 0.0140. The predicted molar refractivity (Wildman–Crippen MR) is 112 cm³/mol. The number of anilines is 1. The molecule has 1 amide bonds. The number of aliphatic imine (C=N–C) groups is 1. The number of nitrogens with one attached hydrogen (secondary N) is 3. The molecule has 1 aromatic carbocycles. The van der Waals surface area contributed by atoms with Gasteiger partial charge in [-0.05, 0) is 57.3 Å². The molecule has 3 N–H and O–H groups in total. The summed E-state index contributed by atoms with van der Waals surface area (Å²) in [5, 5.41) is 9.71. The lowest BCUT2D eigenvalue weighted by Gasteiger charge is -2.24. The third kappa shape index (κ3) is 6.88. The first-order valence-electron chi connectivity index (χ1n) is 9.02. The maximum absolute atomic E-state index is 11.9. The highest BCUT2D eigenvalue weighted by Gasteiger charge is 2.29. The van der Waals surface area contributed by atoms with Crippen LogP contribution >= 0.6 is 11.8 Å². The molecule has 1 heterocycles. The summed E-state index contributed by atoms with van der Waals surface area (Å²) in [6, 6.07) is 7.88. The van der Waals surface area contributed by atoms with Gasteiger partial charge in [0.05, 0.1) is 6.54 Å². The minimum atomic E-state index is -0.0140. The quantitative estimate of drug-likeness (QED) is 0.502. The fourth-order valence-corrected chi connectivity index (χ4v) is 4.14. The van der Waals surface area contributed by atoms with Crippen molar-refractivity contribution in [3.05, 3.63) is 29.8 Å². The topological polar surface area (TPSA) is 68.8 Å². The van der Waals surface area contributed by atoms with Crippen LogP contribution < -0.4 is 16.0 Å². The van der Waals surface area contributed by atoms with Crippen LogP contribution in [0.3, 0.4) is 0 Å². The molecule has 1 aliphatic rings. The second-order valence-corrected chi connectivity index (χ2v) is 8.85. The Kier molecular flexibility index (Phi) is 7.78. The van der Waals surface area contributed by atoms with Gasteiger partial charge in [-0.15, -0.1) is 0 Å². The first-order chi connectivity index (χ1) is 12.4. The van der Waals surface area contributed by atoms with E-state index < -0.39 is 0 Å². The van der Waals surface area contributed by atoms with Gasteiger partial charge >= 0.3 is 0 Å². The van der Waals surface area contributed by atoms with Crippen LogP contribution in [0.1, 0.15) is 25.3 Å². The normalized spacial score (nSPS) is 20.3. The summed E-state index contributed by atoms with van der Waals surface area (Å²) in [4.78, 5) is 18.0. The van der Waals surface area contributed by atoms with Crippen molar-refractivity contribution in [1.82, 2.24) is 15.5 Å². The lowest BCUT2D eigenvalue weighted by molar-refractivity contribution is -0.116. The van der Waals surface area contributed by atoms with Gasteiger partial charge < -0.3 is 20.9 Å². The highest BCUT2D eigenvalue weighted by atomic mass is 32.2. The molecule has 7 heteroatoms. The lowest BCUT2D eigenvalue weighted by atomic mass is 10.1. The van der Waals surface area contributed by atoms with Crippen LogP contribution in [-0.2, 0) is 11.3 Å². The monoisotopic (exact) mass is 377 g/mol. The molecule has 0 aromatic heterocycles. The molecular formula is C19H31N5OS. The maximum atomic E-state index is 11.9. The molecule has 1 saturated heterocycles. The number of guanidine groups is 1. The zero-order valence-electron chi connectivity index (χ0n) is 16.3. The standard InChI is InChI=1S/C19H31N5OS/c1-19(9-6-10-26-19)14-22-18(20-2)21-12-15-7-5-8-16(11-15)23-17(25)13-24(3)4/h5,7-8,11H,6,9-10,12-14H2,1-4H3,(H,23,25)(H2,20,21,22). The molecule has 0 saturated carbocycles. The van der Waals surface area contributed by atoms with Crippen LogP contribution in [-0.4, -0.2) is 61.5 Å². The maximum Gasteiger partial charge on any atom is 0.238 e. The van der Waals surface area contributed by atoms with Crippen molar-refractivity contribution in [3.8, 4) is 0 Å². The second-order valence-electron chi connectivity index (χ2n) is 7.17. The number of nitrogens with zero attached hydrogens (tertiary/aromatic N) is 2. The van der Waals surface area contributed by atoms with Crippen LogP contribution in [0.2, 0.25) is 0 Å². The van der Waals surface area contributed by atoms with Crippen molar-refractivity contribution in [2.45, 2.75) is 31.1 Å². The van der Waals surface area contributed by atoms with Gasteiger partial charge in [-0.1, -0.05) is 12.1 Å². The van der Waals surface area contributed by atoms with E-state index in [0.717, 1.165) is 23.8 Å². The molecule has 1 aliphatic heterocycles. The first-order valence-corrected chi connectivity index (χ1v) is 10.0. The van der Waals surface area contributed by atoms with E-state index in [1.165, 1.54) is 18.6 Å². The molecule has 0 aliphatic carbocycles. The minimum Gasteiger partial charge on any atom is -0.355 e. The number of carbonyl (C=O) groups excluding carboxylic acids is 1. The van der Waals surface area contributed by atoms with E-state index in [0.29, 0.717) is 17.8 Å². The predicted octanol–water partition coefficient (Wildman–Crippen LogP) is 2.14. The van der Waals surface area contributed by atoms with Gasteiger partial charge in [-0.3, -0.25) is 9.79 Å². The molecule has 0 bridgehead atoms. The zero-order valence-corrected chi connectivity index (χ0v) is 17.1. The van der Waals surface area contributed by atoms with Crippen LogP contribution in [0.15, 0.2) is 29.3 Å². The smallest absolute Gasteiger partial charge is 0.238 e. The highest BCUT2D eigenvalue weighted by Crippen LogP contribution is 2.36. The summed E-state index contributed by atoms with van der Waals surface area (Å²) < 4.78 is 0.300. The van der Waals surface area contributed by atoms with Gasteiger partial charge in [0.15, 0.2) is 5.96 Å². The third-order valence-electron chi connectivity index (χ3n) is 4.28. The van der Waals surface area contributed by atoms with E-state index in [9.17, 15) is 4.79 Å². The molecule has 1 aromatic rings. The Morgan fingerprint density at radius 1 is 1.35 bits per heavy atom. The van der Waals surface area contributed by atoms with E-state index in [4.69, 9.17) is 0 Å². The van der Waals surface area contributed by atoms with Crippen LogP contribution in [0.5, 0.6) is 0 Å². The molecule has 1 atom stereocenters. The van der Waals surface area contributed by atoms with Gasteiger partial charge in [-0.2, -0.15) is 11.8 Å². The van der Waals surface area contributed by atoms with E-state index in [2.05, 4.69) is 27.9 Å². The summed E-state index contributed by atoms with van der Waals surface area (Å²) >= 11 is 2.03. The van der Waals surface area contributed by atoms with Gasteiger partial charge in [-0.25, -0.2) is 0 Å². The Morgan fingerprint density at radius 2 is 2.15 bits per heavy atom. The number of hydrogen-bond donors (Lipinski definition) is 3. The Balaban J connectivity index is 1.83. The number of rotatable bonds is 7. The molecule has 0 spiro atoms. The van der Waals surface area contributed by atoms with Gasteiger partial charge in [0.2, 0.25) is 5.91 Å². The van der Waals surface area contributed by atoms with Crippen molar-refractivity contribution in [1.29, 1.82) is 0 Å². The fourth-order valence-electron chi connectivity index (χ4n) is 2.90. The van der Waals surface area contributed by atoms with Crippen LogP contribution in [0, 0.1) is 0 Å². The van der Waals surface area contributed by atoms with Crippen molar-refractivity contribution in [2.24, 2.45) is 4.99 Å². The first kappa shape index (κ1) is 20.6. The van der Waals surface area contributed by atoms with E-state index in [-0.39, 0.29) is 5.91 Å². The molecule has 144 valence electrons. The van der Waals surface area contributed by atoms with Crippen molar-refractivity contribution in [2.75, 3.05) is 45.3 Å². The Morgan fingerprint density at radius 3 is 2.81 bits per heavy atom. The Bertz CT molecular complexity index is 626. The molecule has 26 heavy (non-hydrogen) atoms. The molecular weight excluding hydrogens is 346 g/mol. The zero-order chi connectivity index (χ0) is 19.0. The van der Waals surface area contributed by atoms with Crippen molar-refractivity contribution < 1.29 is 4.79 Å². The second kappa shape index (κ2) is 9.83. The third-order valence-corrected chi connectivity index (χ3v) is 5.82. The molecule has 0 radical (unpaired) electrons. The SMILES string of the molecule is CN=C(NCc1cccc(NC(=O)CN(C)C)c1)NCC1(C)CCCS1. The van der Waals surface area contributed by atoms with Gasteiger partial charge in [0, 0.05) is 30.6 Å². The molecule has 6 nitrogen and oxygen atoms in total. The molecule has 2 rings (SSSR count). The van der Waals surface area contributed by atoms with E-state index >= 15 is 0 Å². The number of thioether (sulfide) groups is 1. The number of likely N-dealkylation sites (N-methyl/N-ethyl adjacent to an activating group) is 1. The van der Waals surface area contributed by atoms with E-state index in [1.807, 2.05) is 55.0 Å². The number of hydrogen-bond acceptors (Lipinski definition) is 4. The summed E-state index contributed by atoms with van der Waals surface area (Å²) in [6.45, 7) is 4.25. The number of benzene rings is 1. The Hall–Kier alpha value is -1.73. The van der Waals surface area contributed by atoms with Gasteiger partial charge in [0.25, 0.3) is 0 Å². The Labute approximate surface area is 161 Å². The average molecular weight is 378 g/mol.